The van der Waals surface area contributed by atoms with Crippen LogP contribution >= 0.6 is 0 Å². The zero-order valence-corrected chi connectivity index (χ0v) is 7.07. The van der Waals surface area contributed by atoms with Gasteiger partial charge in [-0.1, -0.05) is 18.2 Å². The summed E-state index contributed by atoms with van der Waals surface area (Å²) in [6, 6.07) is 7.62. The fourth-order valence-corrected chi connectivity index (χ4v) is 1.39. The van der Waals surface area contributed by atoms with Gasteiger partial charge >= 0.3 is 0 Å². The van der Waals surface area contributed by atoms with E-state index in [1.165, 1.54) is 0 Å². The number of aliphatic hydroxyl groups excluding tert-OH is 1. The van der Waals surface area contributed by atoms with E-state index in [9.17, 15) is 0 Å². The van der Waals surface area contributed by atoms with Crippen LogP contribution in [0.15, 0.2) is 30.5 Å². The number of para-hydroxylation sites is 1. The summed E-state index contributed by atoms with van der Waals surface area (Å²) in [6.07, 6.45) is 1.58. The van der Waals surface area contributed by atoms with E-state index in [-0.39, 0.29) is 6.61 Å². The van der Waals surface area contributed by atoms with Gasteiger partial charge in [-0.3, -0.25) is 4.98 Å². The van der Waals surface area contributed by atoms with Crippen LogP contribution in [-0.4, -0.2) is 10.1 Å². The summed E-state index contributed by atoms with van der Waals surface area (Å²) in [4.78, 5) is 4.15. The van der Waals surface area contributed by atoms with Crippen LogP contribution in [0.1, 0.15) is 5.56 Å². The molecule has 0 radical (unpaired) electrons. The van der Waals surface area contributed by atoms with Crippen molar-refractivity contribution in [1.82, 2.24) is 4.98 Å². The smallest absolute Gasteiger partial charge is 0.0709 e. The molecule has 0 saturated carbocycles. The molecule has 0 aliphatic heterocycles. The van der Waals surface area contributed by atoms with Crippen LogP contribution in [0.25, 0.3) is 10.9 Å². The van der Waals surface area contributed by atoms with Crippen molar-refractivity contribution < 1.29 is 5.11 Å². The highest BCUT2D eigenvalue weighted by Gasteiger charge is 2.03. The number of rotatable bonds is 1. The molecule has 13 heavy (non-hydrogen) atoms. The van der Waals surface area contributed by atoms with Gasteiger partial charge in [0.25, 0.3) is 0 Å². The molecule has 0 fully saturated rings. The van der Waals surface area contributed by atoms with E-state index in [1.807, 2.05) is 24.3 Å². The third kappa shape index (κ3) is 1.23. The van der Waals surface area contributed by atoms with Gasteiger partial charge in [0.2, 0.25) is 0 Å². The fraction of sp³-hybridized carbons (Fsp3) is 0.100. The minimum Gasteiger partial charge on any atom is -0.397 e. The number of benzene rings is 1. The second-order valence-corrected chi connectivity index (χ2v) is 2.87. The minimum absolute atomic E-state index is 0.0468. The fourth-order valence-electron chi connectivity index (χ4n) is 1.39. The maximum Gasteiger partial charge on any atom is 0.0709 e. The van der Waals surface area contributed by atoms with E-state index in [1.54, 1.807) is 6.20 Å². The molecule has 3 heteroatoms. The van der Waals surface area contributed by atoms with Gasteiger partial charge in [-0.25, -0.2) is 0 Å². The van der Waals surface area contributed by atoms with Gasteiger partial charge in [-0.2, -0.15) is 0 Å². The number of nitrogens with two attached hydrogens (primary N) is 1. The Balaban J connectivity index is 2.84. The number of nitrogen functional groups attached to an aromatic ring is 1. The van der Waals surface area contributed by atoms with Crippen LogP contribution in [0.3, 0.4) is 0 Å². The van der Waals surface area contributed by atoms with Gasteiger partial charge in [0, 0.05) is 10.9 Å². The Morgan fingerprint density at radius 1 is 1.31 bits per heavy atom. The molecule has 3 N–H and O–H groups in total. The molecule has 1 heterocycles. The molecular formula is C10H10N2O. The summed E-state index contributed by atoms with van der Waals surface area (Å²) in [5.41, 5.74) is 7.83. The molecule has 0 aliphatic rings. The van der Waals surface area contributed by atoms with Crippen molar-refractivity contribution in [2.75, 3.05) is 5.73 Å². The van der Waals surface area contributed by atoms with Crippen molar-refractivity contribution in [3.05, 3.63) is 36.0 Å². The quantitative estimate of drug-likeness (QED) is 0.685. The van der Waals surface area contributed by atoms with Gasteiger partial charge in [-0.15, -0.1) is 0 Å². The van der Waals surface area contributed by atoms with Crippen molar-refractivity contribution in [2.24, 2.45) is 0 Å². The second kappa shape index (κ2) is 3.03. The topological polar surface area (TPSA) is 59.1 Å². The maximum absolute atomic E-state index is 9.11. The number of aliphatic hydroxyl groups is 1. The first-order chi connectivity index (χ1) is 6.33. The Kier molecular flexibility index (Phi) is 1.87. The van der Waals surface area contributed by atoms with E-state index in [0.717, 1.165) is 16.5 Å². The summed E-state index contributed by atoms with van der Waals surface area (Å²) in [5.74, 6) is 0. The van der Waals surface area contributed by atoms with Gasteiger partial charge < -0.3 is 10.8 Å². The number of hydrogen-bond donors (Lipinski definition) is 2. The number of nitrogens with zero attached hydrogens (tertiary/aromatic N) is 1. The highest BCUT2D eigenvalue weighted by atomic mass is 16.3. The van der Waals surface area contributed by atoms with Crippen molar-refractivity contribution in [3.63, 3.8) is 0 Å². The standard InChI is InChI=1S/C10H10N2O/c11-9-5-12-10-4-2-1-3-7(10)8(9)6-13/h1-5,13H,6,11H2. The summed E-state index contributed by atoms with van der Waals surface area (Å²) in [7, 11) is 0. The lowest BCUT2D eigenvalue weighted by atomic mass is 10.1. The third-order valence-corrected chi connectivity index (χ3v) is 2.08. The second-order valence-electron chi connectivity index (χ2n) is 2.87. The molecule has 0 saturated heterocycles. The largest absolute Gasteiger partial charge is 0.397 e. The number of hydrogen-bond acceptors (Lipinski definition) is 3. The van der Waals surface area contributed by atoms with Crippen LogP contribution in [-0.2, 0) is 6.61 Å². The number of pyridine rings is 1. The Morgan fingerprint density at radius 3 is 2.85 bits per heavy atom. The van der Waals surface area contributed by atoms with Gasteiger partial charge in [0.05, 0.1) is 24.0 Å². The molecule has 3 nitrogen and oxygen atoms in total. The Bertz CT molecular complexity index is 440. The van der Waals surface area contributed by atoms with Crippen LogP contribution in [0.4, 0.5) is 5.69 Å². The first-order valence-electron chi connectivity index (χ1n) is 4.06. The molecule has 66 valence electrons. The predicted octanol–water partition coefficient (Wildman–Crippen LogP) is 1.31. The summed E-state index contributed by atoms with van der Waals surface area (Å²) in [5, 5.41) is 10.0. The average Bonchev–Trinajstić information content (AvgIpc) is 2.18. The van der Waals surface area contributed by atoms with Crippen molar-refractivity contribution in [2.45, 2.75) is 6.61 Å². The molecule has 2 aromatic rings. The lowest BCUT2D eigenvalue weighted by molar-refractivity contribution is 0.284. The normalized spacial score (nSPS) is 10.5. The molecule has 0 aliphatic carbocycles. The molecule has 0 unspecified atom stereocenters. The zero-order valence-electron chi connectivity index (χ0n) is 7.07. The molecule has 1 aromatic heterocycles. The minimum atomic E-state index is -0.0468. The van der Waals surface area contributed by atoms with E-state index >= 15 is 0 Å². The van der Waals surface area contributed by atoms with Crippen molar-refractivity contribution >= 4 is 16.6 Å². The Labute approximate surface area is 75.8 Å². The van der Waals surface area contributed by atoms with Crippen LogP contribution in [0.2, 0.25) is 0 Å². The predicted molar refractivity (Wildman–Crippen MR) is 52.1 cm³/mol. The molecule has 0 atom stereocenters. The lowest BCUT2D eigenvalue weighted by Gasteiger charge is -2.05. The Morgan fingerprint density at radius 2 is 2.08 bits per heavy atom. The molecular weight excluding hydrogens is 164 g/mol. The highest BCUT2D eigenvalue weighted by Crippen LogP contribution is 2.21. The summed E-state index contributed by atoms with van der Waals surface area (Å²) < 4.78 is 0. The van der Waals surface area contributed by atoms with E-state index in [2.05, 4.69) is 4.98 Å². The number of fused-ring (bicyclic) bond motifs is 1. The van der Waals surface area contributed by atoms with Gasteiger partial charge in [-0.05, 0) is 6.07 Å². The summed E-state index contributed by atoms with van der Waals surface area (Å²) in [6.45, 7) is -0.0468. The lowest BCUT2D eigenvalue weighted by Crippen LogP contribution is -1.96. The zero-order chi connectivity index (χ0) is 9.26. The molecule has 0 amide bonds. The SMILES string of the molecule is Nc1cnc2ccccc2c1CO. The number of anilines is 1. The number of aromatic nitrogens is 1. The molecule has 0 bridgehead atoms. The van der Waals surface area contributed by atoms with E-state index < -0.39 is 0 Å². The molecule has 2 rings (SSSR count). The first-order valence-corrected chi connectivity index (χ1v) is 4.06. The van der Waals surface area contributed by atoms with Crippen LogP contribution < -0.4 is 5.73 Å². The molecule has 1 aromatic carbocycles. The van der Waals surface area contributed by atoms with Crippen LogP contribution in [0.5, 0.6) is 0 Å². The average molecular weight is 174 g/mol. The van der Waals surface area contributed by atoms with Crippen molar-refractivity contribution in [3.8, 4) is 0 Å². The first kappa shape index (κ1) is 8.01. The highest BCUT2D eigenvalue weighted by molar-refractivity contribution is 5.85. The Hall–Kier alpha value is -1.61. The summed E-state index contributed by atoms with van der Waals surface area (Å²) >= 11 is 0. The van der Waals surface area contributed by atoms with Gasteiger partial charge in [0.15, 0.2) is 0 Å². The monoisotopic (exact) mass is 174 g/mol. The van der Waals surface area contributed by atoms with Crippen LogP contribution in [0, 0.1) is 0 Å². The third-order valence-electron chi connectivity index (χ3n) is 2.08. The molecule has 0 spiro atoms. The van der Waals surface area contributed by atoms with E-state index in [4.69, 9.17) is 10.8 Å². The van der Waals surface area contributed by atoms with Crippen molar-refractivity contribution in [1.29, 1.82) is 0 Å². The van der Waals surface area contributed by atoms with E-state index in [0.29, 0.717) is 5.69 Å². The maximum atomic E-state index is 9.11. The van der Waals surface area contributed by atoms with Gasteiger partial charge in [0.1, 0.15) is 0 Å².